The molecule has 6 heteroatoms. The minimum absolute atomic E-state index is 0.0120. The van der Waals surface area contributed by atoms with E-state index >= 15 is 0 Å². The third-order valence-corrected chi connectivity index (χ3v) is 17.9. The number of unbranched alkanes of at least 4 members (excludes halogenated alkanes) is 57. The molecule has 0 saturated heterocycles. The molecule has 0 aromatic heterocycles. The molecule has 0 aliphatic carbocycles. The topological polar surface area (TPSA) is 95.9 Å². The first-order chi connectivity index (χ1) is 41.5. The molecule has 0 aliphatic rings. The van der Waals surface area contributed by atoms with Crippen molar-refractivity contribution in [3.63, 3.8) is 0 Å². The molecule has 0 bridgehead atoms. The SMILES string of the molecule is CCCCC/C=C\C/C=C\CCCCCCCCCC(=O)OCCCCCCCCCCCCCCCCCCCCCCCCCCCCCCCC(=O)NC(CO)C(O)/C=C/CCCCCCCCCCCCCCCCCCCCC. The van der Waals surface area contributed by atoms with Gasteiger partial charge in [0.2, 0.25) is 5.91 Å². The molecule has 0 aromatic carbocycles. The lowest BCUT2D eigenvalue weighted by Gasteiger charge is -2.20. The summed E-state index contributed by atoms with van der Waals surface area (Å²) in [6, 6.07) is -0.626. The zero-order valence-electron chi connectivity index (χ0n) is 56.9. The van der Waals surface area contributed by atoms with Gasteiger partial charge in [-0.2, -0.15) is 0 Å². The van der Waals surface area contributed by atoms with Gasteiger partial charge in [0.05, 0.1) is 25.4 Å². The van der Waals surface area contributed by atoms with Crippen LogP contribution in [0.3, 0.4) is 0 Å². The summed E-state index contributed by atoms with van der Waals surface area (Å²) in [7, 11) is 0. The molecule has 6 nitrogen and oxygen atoms in total. The predicted octanol–water partition coefficient (Wildman–Crippen LogP) is 25.0. The molecular weight excluding hydrogens is 1030 g/mol. The highest BCUT2D eigenvalue weighted by Gasteiger charge is 2.18. The van der Waals surface area contributed by atoms with Crippen molar-refractivity contribution >= 4 is 11.9 Å². The Morgan fingerprint density at radius 1 is 0.333 bits per heavy atom. The molecule has 2 unspecified atom stereocenters. The number of nitrogens with one attached hydrogen (secondary N) is 1. The zero-order chi connectivity index (χ0) is 60.6. The predicted molar refractivity (Wildman–Crippen MR) is 370 cm³/mol. The monoisotopic (exact) mass is 1180 g/mol. The van der Waals surface area contributed by atoms with Crippen LogP contribution < -0.4 is 5.32 Å². The highest BCUT2D eigenvalue weighted by Crippen LogP contribution is 2.19. The van der Waals surface area contributed by atoms with Crippen molar-refractivity contribution < 1.29 is 24.5 Å². The number of hydrogen-bond donors (Lipinski definition) is 3. The molecule has 3 N–H and O–H groups in total. The number of carbonyl (C=O) groups excluding carboxylic acids is 2. The van der Waals surface area contributed by atoms with Gasteiger partial charge in [0.15, 0.2) is 0 Å². The van der Waals surface area contributed by atoms with E-state index in [9.17, 15) is 19.8 Å². The van der Waals surface area contributed by atoms with Crippen molar-refractivity contribution in [1.82, 2.24) is 5.32 Å². The lowest BCUT2D eigenvalue weighted by molar-refractivity contribution is -0.143. The van der Waals surface area contributed by atoms with Gasteiger partial charge in [-0.1, -0.05) is 384 Å². The van der Waals surface area contributed by atoms with E-state index in [4.69, 9.17) is 4.74 Å². The van der Waals surface area contributed by atoms with Crippen LogP contribution in [0.5, 0.6) is 0 Å². The van der Waals surface area contributed by atoms with Crippen molar-refractivity contribution in [3.05, 3.63) is 36.5 Å². The number of ether oxygens (including phenoxy) is 1. The summed E-state index contributed by atoms with van der Waals surface area (Å²) in [5.41, 5.74) is 0. The molecular formula is C78H149NO5. The largest absolute Gasteiger partial charge is 0.466 e. The second-order valence-electron chi connectivity index (χ2n) is 26.3. The summed E-state index contributed by atoms with van der Waals surface area (Å²) in [5.74, 6) is -0.0482. The molecule has 496 valence electrons. The standard InChI is InChI=1S/C78H149NO5/c1-3-5-7-9-11-13-15-17-19-21-22-32-35-39-42-46-50-54-58-62-66-70-76(81)75(74-80)79-77(82)71-67-63-59-55-51-47-43-40-36-33-30-28-26-24-23-25-27-29-31-34-37-41-45-49-53-57-61-65-69-73-84-78(83)72-68-64-60-56-52-48-44-38-20-18-16-14-12-10-8-6-4-2/h12,14,18,20,66,70,75-76,80-81H,3-11,13,15-17,19,21-65,67-69,71-74H2,1-2H3,(H,79,82)/b14-12-,20-18-,70-66+. The van der Waals surface area contributed by atoms with E-state index in [-0.39, 0.29) is 18.5 Å². The van der Waals surface area contributed by atoms with Gasteiger partial charge < -0.3 is 20.3 Å². The Kier molecular flexibility index (Phi) is 71.9. The molecule has 0 fully saturated rings. The first-order valence-electron chi connectivity index (χ1n) is 38.3. The number of esters is 1. The Hall–Kier alpha value is -1.92. The number of amides is 1. The minimum Gasteiger partial charge on any atom is -0.466 e. The number of allylic oxidation sites excluding steroid dienone is 5. The van der Waals surface area contributed by atoms with Crippen LogP contribution in [0, 0.1) is 0 Å². The van der Waals surface area contributed by atoms with E-state index in [0.717, 1.165) is 51.4 Å². The van der Waals surface area contributed by atoms with Crippen LogP contribution in [-0.4, -0.2) is 47.4 Å². The normalized spacial score (nSPS) is 12.7. The van der Waals surface area contributed by atoms with Gasteiger partial charge in [0.1, 0.15) is 0 Å². The van der Waals surface area contributed by atoms with Crippen molar-refractivity contribution in [2.75, 3.05) is 13.2 Å². The zero-order valence-corrected chi connectivity index (χ0v) is 56.9. The Bertz CT molecular complexity index is 1360. The second-order valence-corrected chi connectivity index (χ2v) is 26.3. The van der Waals surface area contributed by atoms with E-state index in [0.29, 0.717) is 19.4 Å². The maximum absolute atomic E-state index is 12.5. The Balaban J connectivity index is 3.36. The quantitative estimate of drug-likeness (QED) is 0.0320. The minimum atomic E-state index is -0.843. The van der Waals surface area contributed by atoms with E-state index in [2.05, 4.69) is 43.5 Å². The Labute approximate surface area is 525 Å². The third kappa shape index (κ3) is 69.2. The average Bonchev–Trinajstić information content (AvgIpc) is 3.51. The molecule has 84 heavy (non-hydrogen) atoms. The molecule has 2 atom stereocenters. The fourth-order valence-corrected chi connectivity index (χ4v) is 12.1. The number of hydrogen-bond acceptors (Lipinski definition) is 5. The lowest BCUT2D eigenvalue weighted by atomic mass is 10.0. The Morgan fingerprint density at radius 2 is 0.595 bits per heavy atom. The maximum Gasteiger partial charge on any atom is 0.305 e. The molecule has 1 amide bonds. The molecule has 0 aliphatic heterocycles. The van der Waals surface area contributed by atoms with Gasteiger partial charge in [-0.3, -0.25) is 9.59 Å². The fraction of sp³-hybridized carbons (Fsp3) is 0.897. The second kappa shape index (κ2) is 73.5. The van der Waals surface area contributed by atoms with Crippen molar-refractivity contribution in [2.24, 2.45) is 0 Å². The number of aliphatic hydroxyl groups is 2. The van der Waals surface area contributed by atoms with Crippen LogP contribution in [0.4, 0.5) is 0 Å². The van der Waals surface area contributed by atoms with Crippen molar-refractivity contribution in [1.29, 1.82) is 0 Å². The fourth-order valence-electron chi connectivity index (χ4n) is 12.1. The van der Waals surface area contributed by atoms with E-state index < -0.39 is 12.1 Å². The maximum atomic E-state index is 12.5. The molecule has 0 heterocycles. The van der Waals surface area contributed by atoms with Gasteiger partial charge in [-0.05, 0) is 64.2 Å². The van der Waals surface area contributed by atoms with Gasteiger partial charge in [-0.25, -0.2) is 0 Å². The van der Waals surface area contributed by atoms with Crippen LogP contribution in [0.2, 0.25) is 0 Å². The smallest absolute Gasteiger partial charge is 0.305 e. The van der Waals surface area contributed by atoms with Crippen molar-refractivity contribution in [2.45, 2.75) is 437 Å². The van der Waals surface area contributed by atoms with Crippen LogP contribution >= 0.6 is 0 Å². The van der Waals surface area contributed by atoms with E-state index in [1.165, 1.54) is 347 Å². The lowest BCUT2D eigenvalue weighted by Crippen LogP contribution is -2.45. The molecule has 0 spiro atoms. The molecule has 0 radical (unpaired) electrons. The van der Waals surface area contributed by atoms with Crippen LogP contribution in [0.15, 0.2) is 36.5 Å². The third-order valence-electron chi connectivity index (χ3n) is 17.9. The Morgan fingerprint density at radius 3 is 0.929 bits per heavy atom. The summed E-state index contributed by atoms with van der Waals surface area (Å²) < 4.78 is 5.50. The summed E-state index contributed by atoms with van der Waals surface area (Å²) in [4.78, 5) is 24.6. The summed E-state index contributed by atoms with van der Waals surface area (Å²) in [6.45, 7) is 4.92. The first kappa shape index (κ1) is 82.1. The average molecular weight is 1180 g/mol. The first-order valence-corrected chi connectivity index (χ1v) is 38.3. The highest BCUT2D eigenvalue weighted by atomic mass is 16.5. The summed E-state index contributed by atoms with van der Waals surface area (Å²) in [5, 5.41) is 23.3. The van der Waals surface area contributed by atoms with Crippen molar-refractivity contribution in [3.8, 4) is 0 Å². The molecule has 0 rings (SSSR count). The van der Waals surface area contributed by atoms with E-state index in [1.54, 1.807) is 6.08 Å². The van der Waals surface area contributed by atoms with Gasteiger partial charge >= 0.3 is 5.97 Å². The highest BCUT2D eigenvalue weighted by molar-refractivity contribution is 5.76. The number of aliphatic hydroxyl groups excluding tert-OH is 2. The molecule has 0 aromatic rings. The van der Waals surface area contributed by atoms with Crippen LogP contribution in [-0.2, 0) is 14.3 Å². The van der Waals surface area contributed by atoms with Gasteiger partial charge in [0.25, 0.3) is 0 Å². The summed E-state index contributed by atoms with van der Waals surface area (Å²) >= 11 is 0. The van der Waals surface area contributed by atoms with Gasteiger partial charge in [-0.15, -0.1) is 0 Å². The molecule has 0 saturated carbocycles. The van der Waals surface area contributed by atoms with E-state index in [1.807, 2.05) is 6.08 Å². The van der Waals surface area contributed by atoms with Crippen LogP contribution in [0.1, 0.15) is 425 Å². The number of rotatable bonds is 72. The van der Waals surface area contributed by atoms with Gasteiger partial charge in [0, 0.05) is 12.8 Å². The number of carbonyl (C=O) groups is 2. The van der Waals surface area contributed by atoms with Crippen LogP contribution in [0.25, 0.3) is 0 Å². The summed E-state index contributed by atoms with van der Waals surface area (Å²) in [6.07, 6.45) is 95.3.